The Kier molecular flexibility index (Phi) is 4.32. The van der Waals surface area contributed by atoms with Crippen LogP contribution in [0.15, 0.2) is 85.5 Å². The van der Waals surface area contributed by atoms with Gasteiger partial charge in [-0.1, -0.05) is 43.0 Å². The first kappa shape index (κ1) is 17.0. The molecular formula is C26H25N2+. The van der Waals surface area contributed by atoms with E-state index in [4.69, 9.17) is 0 Å². The molecule has 1 saturated heterocycles. The van der Waals surface area contributed by atoms with Gasteiger partial charge in [0.2, 0.25) is 11.0 Å². The van der Waals surface area contributed by atoms with E-state index in [2.05, 4.69) is 88.8 Å². The van der Waals surface area contributed by atoms with Gasteiger partial charge in [0.05, 0.1) is 10.8 Å². The number of para-hydroxylation sites is 2. The smallest absolute Gasteiger partial charge is 0.213 e. The number of aromatic nitrogens is 1. The van der Waals surface area contributed by atoms with Crippen molar-refractivity contribution in [2.24, 2.45) is 0 Å². The summed E-state index contributed by atoms with van der Waals surface area (Å²) >= 11 is 0. The van der Waals surface area contributed by atoms with Crippen LogP contribution in [-0.2, 0) is 6.54 Å². The zero-order valence-electron chi connectivity index (χ0n) is 16.1. The molecule has 1 aromatic heterocycles. The lowest BCUT2D eigenvalue weighted by molar-refractivity contribution is -0.634. The molecule has 1 fully saturated rings. The van der Waals surface area contributed by atoms with Crippen molar-refractivity contribution in [2.75, 3.05) is 18.0 Å². The van der Waals surface area contributed by atoms with Gasteiger partial charge in [0, 0.05) is 36.5 Å². The molecule has 2 nitrogen and oxygen atoms in total. The molecule has 0 amide bonds. The Balaban J connectivity index is 1.76. The molecule has 5 rings (SSSR count). The standard InChI is InChI=1S/C26H25N2/c1-2-17-28-24-11-5-3-9-22(24)26(23-10-4-6-12-25(23)28)20-13-15-21(16-14-20)27-18-7-8-19-27/h2-6,9-16H,1,7-8,17-19H2/q+1. The Labute approximate surface area is 166 Å². The molecule has 3 aromatic carbocycles. The fourth-order valence-corrected chi connectivity index (χ4v) is 4.57. The fourth-order valence-electron chi connectivity index (χ4n) is 4.57. The lowest BCUT2D eigenvalue weighted by Crippen LogP contribution is -2.34. The van der Waals surface area contributed by atoms with E-state index in [0.29, 0.717) is 0 Å². The van der Waals surface area contributed by atoms with Gasteiger partial charge in [-0.25, -0.2) is 0 Å². The Morgan fingerprint density at radius 2 is 1.36 bits per heavy atom. The molecule has 0 N–H and O–H groups in total. The van der Waals surface area contributed by atoms with Gasteiger partial charge in [0.15, 0.2) is 6.54 Å². The molecule has 2 heterocycles. The highest BCUT2D eigenvalue weighted by atomic mass is 15.1. The highest BCUT2D eigenvalue weighted by Crippen LogP contribution is 2.35. The third-order valence-electron chi connectivity index (χ3n) is 5.87. The van der Waals surface area contributed by atoms with Crippen molar-refractivity contribution in [3.05, 3.63) is 85.5 Å². The minimum atomic E-state index is 0.801. The van der Waals surface area contributed by atoms with Gasteiger partial charge in [-0.05, 0) is 48.7 Å². The summed E-state index contributed by atoms with van der Waals surface area (Å²) in [6.45, 7) is 7.13. The van der Waals surface area contributed by atoms with Crippen molar-refractivity contribution in [1.29, 1.82) is 0 Å². The van der Waals surface area contributed by atoms with Crippen molar-refractivity contribution in [1.82, 2.24) is 0 Å². The number of anilines is 1. The molecule has 1 aliphatic heterocycles. The molecule has 0 unspecified atom stereocenters. The van der Waals surface area contributed by atoms with Crippen molar-refractivity contribution in [3.8, 4) is 11.1 Å². The van der Waals surface area contributed by atoms with Gasteiger partial charge >= 0.3 is 0 Å². The summed E-state index contributed by atoms with van der Waals surface area (Å²) in [7, 11) is 0. The van der Waals surface area contributed by atoms with Crippen LogP contribution in [0.2, 0.25) is 0 Å². The largest absolute Gasteiger partial charge is 0.372 e. The van der Waals surface area contributed by atoms with Gasteiger partial charge in [-0.2, -0.15) is 4.57 Å². The second-order valence-electron chi connectivity index (χ2n) is 7.55. The topological polar surface area (TPSA) is 7.12 Å². The first-order chi connectivity index (χ1) is 13.9. The van der Waals surface area contributed by atoms with Gasteiger partial charge in [-0.15, -0.1) is 0 Å². The van der Waals surface area contributed by atoms with Crippen LogP contribution in [0.4, 0.5) is 5.69 Å². The molecule has 0 bridgehead atoms. The van der Waals surface area contributed by atoms with E-state index in [1.165, 1.54) is 64.6 Å². The maximum absolute atomic E-state index is 3.97. The molecule has 0 spiro atoms. The summed E-state index contributed by atoms with van der Waals surface area (Å²) in [5, 5.41) is 2.58. The summed E-state index contributed by atoms with van der Waals surface area (Å²) < 4.78 is 2.36. The molecule has 28 heavy (non-hydrogen) atoms. The van der Waals surface area contributed by atoms with Crippen LogP contribution in [-0.4, -0.2) is 13.1 Å². The van der Waals surface area contributed by atoms with Crippen LogP contribution in [0.3, 0.4) is 0 Å². The molecule has 4 aromatic rings. The number of rotatable bonds is 4. The molecule has 0 atom stereocenters. The van der Waals surface area contributed by atoms with Crippen molar-refractivity contribution in [2.45, 2.75) is 19.4 Å². The predicted molar refractivity (Wildman–Crippen MR) is 119 cm³/mol. The van der Waals surface area contributed by atoms with Crippen LogP contribution >= 0.6 is 0 Å². The number of hydrogen-bond acceptors (Lipinski definition) is 1. The highest BCUT2D eigenvalue weighted by molar-refractivity contribution is 6.07. The maximum Gasteiger partial charge on any atom is 0.213 e. The van der Waals surface area contributed by atoms with E-state index in [9.17, 15) is 0 Å². The zero-order chi connectivity index (χ0) is 18.9. The van der Waals surface area contributed by atoms with Crippen LogP contribution in [0.1, 0.15) is 12.8 Å². The van der Waals surface area contributed by atoms with Crippen LogP contribution in [0, 0.1) is 0 Å². The lowest BCUT2D eigenvalue weighted by Gasteiger charge is -2.18. The third-order valence-corrected chi connectivity index (χ3v) is 5.87. The number of benzene rings is 3. The minimum Gasteiger partial charge on any atom is -0.372 e. The van der Waals surface area contributed by atoms with Crippen LogP contribution in [0.5, 0.6) is 0 Å². The Bertz CT molecular complexity index is 1100. The summed E-state index contributed by atoms with van der Waals surface area (Å²) in [5.74, 6) is 0. The summed E-state index contributed by atoms with van der Waals surface area (Å²) in [6, 6.07) is 26.6. The van der Waals surface area contributed by atoms with Crippen molar-refractivity contribution < 1.29 is 4.57 Å². The number of allylic oxidation sites excluding steroid dienone is 1. The summed E-state index contributed by atoms with van der Waals surface area (Å²) in [4.78, 5) is 2.49. The van der Waals surface area contributed by atoms with Gasteiger partial charge < -0.3 is 4.90 Å². The Morgan fingerprint density at radius 3 is 1.93 bits per heavy atom. The Morgan fingerprint density at radius 1 is 0.786 bits per heavy atom. The molecule has 138 valence electrons. The van der Waals surface area contributed by atoms with E-state index in [1.807, 2.05) is 6.08 Å². The highest BCUT2D eigenvalue weighted by Gasteiger charge is 2.20. The number of hydrogen-bond donors (Lipinski definition) is 0. The quantitative estimate of drug-likeness (QED) is 0.254. The van der Waals surface area contributed by atoms with Crippen molar-refractivity contribution >= 4 is 27.5 Å². The summed E-state index contributed by atoms with van der Waals surface area (Å²) in [6.07, 6.45) is 4.58. The SMILES string of the molecule is C=CC[n+]1c2ccccc2c(-c2ccc(N3CCCC3)cc2)c2ccccc21. The average Bonchev–Trinajstić information content (AvgIpc) is 3.29. The van der Waals surface area contributed by atoms with E-state index in [0.717, 1.165) is 6.54 Å². The molecular weight excluding hydrogens is 340 g/mol. The van der Waals surface area contributed by atoms with Crippen LogP contribution < -0.4 is 9.47 Å². The molecule has 1 aliphatic rings. The van der Waals surface area contributed by atoms with Gasteiger partial charge in [-0.3, -0.25) is 0 Å². The average molecular weight is 366 g/mol. The van der Waals surface area contributed by atoms with E-state index >= 15 is 0 Å². The minimum absolute atomic E-state index is 0.801. The zero-order valence-corrected chi connectivity index (χ0v) is 16.1. The Hall–Kier alpha value is -3.13. The fraction of sp³-hybridized carbons (Fsp3) is 0.192. The lowest BCUT2D eigenvalue weighted by atomic mass is 9.95. The first-order valence-electron chi connectivity index (χ1n) is 10.2. The number of pyridine rings is 1. The maximum atomic E-state index is 3.97. The van der Waals surface area contributed by atoms with Crippen molar-refractivity contribution in [3.63, 3.8) is 0 Å². The summed E-state index contributed by atoms with van der Waals surface area (Å²) in [5.41, 5.74) is 6.44. The second kappa shape index (κ2) is 7.12. The molecule has 0 saturated carbocycles. The van der Waals surface area contributed by atoms with E-state index in [-0.39, 0.29) is 0 Å². The van der Waals surface area contributed by atoms with E-state index < -0.39 is 0 Å². The normalized spacial score (nSPS) is 14.1. The first-order valence-corrected chi connectivity index (χ1v) is 10.2. The number of fused-ring (bicyclic) bond motifs is 2. The molecule has 0 radical (unpaired) electrons. The van der Waals surface area contributed by atoms with E-state index in [1.54, 1.807) is 0 Å². The predicted octanol–water partition coefficient (Wildman–Crippen LogP) is 5.73. The van der Waals surface area contributed by atoms with Gasteiger partial charge in [0.25, 0.3) is 0 Å². The molecule has 2 heteroatoms. The number of nitrogens with zero attached hydrogens (tertiary/aromatic N) is 2. The third kappa shape index (κ3) is 2.77. The monoisotopic (exact) mass is 365 g/mol. The second-order valence-corrected chi connectivity index (χ2v) is 7.55. The molecule has 0 aliphatic carbocycles. The van der Waals surface area contributed by atoms with Gasteiger partial charge in [0.1, 0.15) is 0 Å². The van der Waals surface area contributed by atoms with Crippen LogP contribution in [0.25, 0.3) is 32.9 Å².